The van der Waals surface area contributed by atoms with Gasteiger partial charge in [0.1, 0.15) is 12.0 Å². The lowest BCUT2D eigenvalue weighted by Crippen LogP contribution is -2.14. The van der Waals surface area contributed by atoms with Crippen LogP contribution in [-0.4, -0.2) is 26.1 Å². The third-order valence-electron chi connectivity index (χ3n) is 3.00. The lowest BCUT2D eigenvalue weighted by atomic mass is 10.1. The molecular weight excluding hydrogens is 398 g/mol. The Hall–Kier alpha value is -2.72. The molecule has 2 aromatic heterocycles. The van der Waals surface area contributed by atoms with E-state index < -0.39 is 24.0 Å². The second-order valence-corrected chi connectivity index (χ2v) is 5.60. The van der Waals surface area contributed by atoms with Gasteiger partial charge in [0.15, 0.2) is 0 Å². The lowest BCUT2D eigenvalue weighted by molar-refractivity contribution is -0.156. The van der Waals surface area contributed by atoms with Crippen LogP contribution >= 0.6 is 23.2 Å². The van der Waals surface area contributed by atoms with Gasteiger partial charge in [0.25, 0.3) is 5.91 Å². The molecule has 0 atom stereocenters. The third kappa shape index (κ3) is 3.92. The fourth-order valence-electron chi connectivity index (χ4n) is 1.84. The van der Waals surface area contributed by atoms with Gasteiger partial charge in [-0.3, -0.25) is 10.1 Å². The van der Waals surface area contributed by atoms with E-state index in [1.165, 1.54) is 6.07 Å². The quantitative estimate of drug-likeness (QED) is 0.707. The summed E-state index contributed by atoms with van der Waals surface area (Å²) in [6.07, 6.45) is -3.70. The molecule has 1 N–H and O–H groups in total. The summed E-state index contributed by atoms with van der Waals surface area (Å²) >= 11 is 11.8. The van der Waals surface area contributed by atoms with Gasteiger partial charge in [-0.1, -0.05) is 34.4 Å². The zero-order valence-corrected chi connectivity index (χ0v) is 13.9. The minimum atomic E-state index is -4.81. The molecule has 134 valence electrons. The number of nitrogens with zero attached hydrogens (tertiary/aromatic N) is 4. The number of hydrogen-bond donors (Lipinski definition) is 1. The fraction of sp³-hybridized carbons (Fsp3) is 0.0714. The molecule has 0 aliphatic rings. The summed E-state index contributed by atoms with van der Waals surface area (Å²) in [4.78, 5) is 19.9. The van der Waals surface area contributed by atoms with Gasteiger partial charge in [-0.05, 0) is 18.2 Å². The molecule has 0 bridgehead atoms. The summed E-state index contributed by atoms with van der Waals surface area (Å²) in [5.74, 6) is -2.43. The van der Waals surface area contributed by atoms with E-state index in [1.54, 1.807) is 18.2 Å². The number of hydrogen-bond acceptors (Lipinski definition) is 6. The van der Waals surface area contributed by atoms with Crippen LogP contribution in [0.25, 0.3) is 11.3 Å². The van der Waals surface area contributed by atoms with Crippen LogP contribution in [0.1, 0.15) is 16.4 Å². The summed E-state index contributed by atoms with van der Waals surface area (Å²) in [6.45, 7) is 0. The molecule has 1 amide bonds. The van der Waals surface area contributed by atoms with Gasteiger partial charge >= 0.3 is 18.1 Å². The first-order valence-corrected chi connectivity index (χ1v) is 7.49. The molecule has 0 aliphatic heterocycles. The maximum atomic E-state index is 12.4. The smallest absolute Gasteiger partial charge is 0.399 e. The lowest BCUT2D eigenvalue weighted by Gasteiger charge is -2.05. The molecule has 1 aromatic carbocycles. The number of carbonyl (C=O) groups excluding carboxylic acids is 1. The Morgan fingerprint density at radius 2 is 1.85 bits per heavy atom. The van der Waals surface area contributed by atoms with Crippen LogP contribution in [-0.2, 0) is 6.18 Å². The molecule has 0 aliphatic carbocycles. The number of benzene rings is 1. The number of rotatable bonds is 3. The van der Waals surface area contributed by atoms with Crippen LogP contribution in [0, 0.1) is 0 Å². The monoisotopic (exact) mass is 403 g/mol. The number of alkyl halides is 3. The van der Waals surface area contributed by atoms with E-state index in [4.69, 9.17) is 23.2 Å². The predicted octanol–water partition coefficient (Wildman–Crippen LogP) is 4.10. The first kappa shape index (κ1) is 18.1. The fourth-order valence-corrected chi connectivity index (χ4v) is 2.14. The van der Waals surface area contributed by atoms with Crippen molar-refractivity contribution in [1.29, 1.82) is 0 Å². The zero-order chi connectivity index (χ0) is 18.9. The van der Waals surface area contributed by atoms with E-state index in [1.807, 2.05) is 5.32 Å². The molecule has 0 unspecified atom stereocenters. The van der Waals surface area contributed by atoms with Gasteiger partial charge in [-0.25, -0.2) is 9.97 Å². The van der Waals surface area contributed by atoms with Crippen LogP contribution in [0.5, 0.6) is 0 Å². The summed E-state index contributed by atoms with van der Waals surface area (Å²) in [6, 6.07) is 5.33. The number of nitrogens with one attached hydrogen (secondary N) is 1. The average Bonchev–Trinajstić information content (AvgIpc) is 3.06. The van der Waals surface area contributed by atoms with E-state index in [2.05, 4.69) is 24.6 Å². The second kappa shape index (κ2) is 6.89. The Morgan fingerprint density at radius 3 is 2.50 bits per heavy atom. The molecule has 3 rings (SSSR count). The zero-order valence-electron chi connectivity index (χ0n) is 12.4. The van der Waals surface area contributed by atoms with Crippen molar-refractivity contribution in [3.63, 3.8) is 0 Å². The SMILES string of the molecule is O=C(Nc1nnc(C(F)(F)F)o1)c1cc(-c2ccc(Cl)c(Cl)c2)ncn1. The Morgan fingerprint density at radius 1 is 1.08 bits per heavy atom. The van der Waals surface area contributed by atoms with Crippen molar-refractivity contribution in [2.24, 2.45) is 0 Å². The number of halogens is 5. The van der Waals surface area contributed by atoms with Crippen LogP contribution < -0.4 is 5.32 Å². The Bertz CT molecular complexity index is 977. The van der Waals surface area contributed by atoms with E-state index in [0.29, 0.717) is 21.3 Å². The van der Waals surface area contributed by atoms with Crippen LogP contribution in [0.15, 0.2) is 35.0 Å². The van der Waals surface area contributed by atoms with Crippen LogP contribution in [0.2, 0.25) is 10.0 Å². The molecule has 26 heavy (non-hydrogen) atoms. The number of aromatic nitrogens is 4. The van der Waals surface area contributed by atoms with E-state index in [9.17, 15) is 18.0 Å². The van der Waals surface area contributed by atoms with Crippen LogP contribution in [0.3, 0.4) is 0 Å². The number of carbonyl (C=O) groups is 1. The van der Waals surface area contributed by atoms with Crippen molar-refractivity contribution >= 4 is 35.1 Å². The van der Waals surface area contributed by atoms with Crippen molar-refractivity contribution in [3.05, 3.63) is 52.2 Å². The summed E-state index contributed by atoms with van der Waals surface area (Å²) < 4.78 is 41.6. The second-order valence-electron chi connectivity index (χ2n) is 4.78. The first-order valence-electron chi connectivity index (χ1n) is 6.73. The van der Waals surface area contributed by atoms with Crippen molar-refractivity contribution in [1.82, 2.24) is 20.2 Å². The summed E-state index contributed by atoms with van der Waals surface area (Å²) in [5.41, 5.74) is 0.783. The highest BCUT2D eigenvalue weighted by molar-refractivity contribution is 6.42. The molecule has 0 saturated heterocycles. The summed E-state index contributed by atoms with van der Waals surface area (Å²) in [7, 11) is 0. The first-order chi connectivity index (χ1) is 12.2. The molecule has 0 radical (unpaired) electrons. The standard InChI is InChI=1S/C14H6Cl2F3N5O2/c15-7-2-1-6(3-8(7)16)9-4-10(21-5-20-9)11(25)22-13-24-23-12(26-13)14(17,18)19/h1-5H,(H,22,24,25). The Labute approximate surface area is 153 Å². The minimum Gasteiger partial charge on any atom is -0.399 e. The third-order valence-corrected chi connectivity index (χ3v) is 3.74. The number of anilines is 1. The maximum Gasteiger partial charge on any atom is 0.470 e. The van der Waals surface area contributed by atoms with Gasteiger partial charge in [-0.2, -0.15) is 13.2 Å². The van der Waals surface area contributed by atoms with Crippen LogP contribution in [0.4, 0.5) is 19.2 Å². The van der Waals surface area contributed by atoms with Crippen molar-refractivity contribution in [3.8, 4) is 11.3 Å². The van der Waals surface area contributed by atoms with Gasteiger partial charge in [0, 0.05) is 5.56 Å². The van der Waals surface area contributed by atoms with Crippen molar-refractivity contribution in [2.75, 3.05) is 5.32 Å². The Balaban J connectivity index is 1.82. The summed E-state index contributed by atoms with van der Waals surface area (Å²) in [5, 5.41) is 8.58. The largest absolute Gasteiger partial charge is 0.470 e. The molecule has 2 heterocycles. The van der Waals surface area contributed by atoms with Gasteiger partial charge in [0.05, 0.1) is 15.7 Å². The molecule has 3 aromatic rings. The van der Waals surface area contributed by atoms with E-state index >= 15 is 0 Å². The van der Waals surface area contributed by atoms with Crippen molar-refractivity contribution < 1.29 is 22.4 Å². The van der Waals surface area contributed by atoms with E-state index in [-0.39, 0.29) is 5.69 Å². The number of amides is 1. The van der Waals surface area contributed by atoms with Gasteiger partial charge in [0.2, 0.25) is 0 Å². The minimum absolute atomic E-state index is 0.132. The molecule has 0 fully saturated rings. The molecular formula is C14H6Cl2F3N5O2. The highest BCUT2D eigenvalue weighted by Gasteiger charge is 2.38. The maximum absolute atomic E-state index is 12.4. The molecule has 7 nitrogen and oxygen atoms in total. The van der Waals surface area contributed by atoms with Gasteiger partial charge < -0.3 is 4.42 Å². The normalized spacial score (nSPS) is 11.4. The highest BCUT2D eigenvalue weighted by atomic mass is 35.5. The molecule has 0 saturated carbocycles. The average molecular weight is 404 g/mol. The molecule has 12 heteroatoms. The van der Waals surface area contributed by atoms with Crippen molar-refractivity contribution in [2.45, 2.75) is 6.18 Å². The highest BCUT2D eigenvalue weighted by Crippen LogP contribution is 2.29. The van der Waals surface area contributed by atoms with Gasteiger partial charge in [-0.15, -0.1) is 5.10 Å². The van der Waals surface area contributed by atoms with E-state index in [0.717, 1.165) is 6.33 Å². The topological polar surface area (TPSA) is 93.8 Å². The predicted molar refractivity (Wildman–Crippen MR) is 84.7 cm³/mol. The molecule has 0 spiro atoms. The Kier molecular flexibility index (Phi) is 4.79.